The highest BCUT2D eigenvalue weighted by atomic mass is 16.3. The number of aromatic amines is 2. The number of aromatic hydroxyl groups is 12. The zero-order valence-electron chi connectivity index (χ0n) is 37.1. The summed E-state index contributed by atoms with van der Waals surface area (Å²) in [6, 6.07) is 20.2. The maximum atomic E-state index is 10.6. The molecule has 20 nitrogen and oxygen atoms in total. The topological polar surface area (TPSA) is 352 Å². The third-order valence-corrected chi connectivity index (χ3v) is 12.9. The Hall–Kier alpha value is -10.5. The van der Waals surface area contributed by atoms with Crippen molar-refractivity contribution in [2.24, 2.45) is 0 Å². The van der Waals surface area contributed by atoms with E-state index in [1.54, 1.807) is 32.0 Å². The minimum atomic E-state index is -0.417. The zero-order chi connectivity index (χ0) is 50.3. The molecule has 0 saturated carbocycles. The second-order valence-electron chi connectivity index (χ2n) is 17.4. The van der Waals surface area contributed by atoms with Crippen LogP contribution in [-0.4, -0.2) is 101 Å². The number of nitrogens with zero attached hydrogens (tertiary/aromatic N) is 6. The lowest BCUT2D eigenvalue weighted by Crippen LogP contribution is -1.86. The molecule has 0 radical (unpaired) electrons. The van der Waals surface area contributed by atoms with Gasteiger partial charge in [0.15, 0.2) is 80.8 Å². The Bertz CT molecular complexity index is 3840. The molecule has 0 spiro atoms. The van der Waals surface area contributed by atoms with Gasteiger partial charge in [-0.25, -0.2) is 29.9 Å². The lowest BCUT2D eigenvalue weighted by molar-refractivity contribution is 0.404. The fraction of sp³-hybridized carbons (Fsp3) is 0.0566. The molecule has 13 rings (SSSR count). The fourth-order valence-electron chi connectivity index (χ4n) is 9.19. The fourth-order valence-corrected chi connectivity index (χ4v) is 9.19. The summed E-state index contributed by atoms with van der Waals surface area (Å²) < 4.78 is 0. The molecule has 5 heterocycles. The molecule has 2 aliphatic heterocycles. The molecule has 0 fully saturated rings. The maximum Gasteiger partial charge on any atom is 0.164 e. The maximum absolute atomic E-state index is 10.6. The van der Waals surface area contributed by atoms with Gasteiger partial charge in [-0.15, -0.1) is 0 Å². The minimum absolute atomic E-state index is 0. The van der Waals surface area contributed by atoms with Gasteiger partial charge in [0.2, 0.25) is 0 Å². The Morgan fingerprint density at radius 1 is 0.247 bits per heavy atom. The van der Waals surface area contributed by atoms with Crippen LogP contribution in [0, 0.1) is 13.8 Å². The molecule has 14 N–H and O–H groups in total. The first-order valence-corrected chi connectivity index (χ1v) is 21.7. The van der Waals surface area contributed by atoms with Crippen molar-refractivity contribution in [1.82, 2.24) is 39.9 Å². The summed E-state index contributed by atoms with van der Waals surface area (Å²) in [5.74, 6) is -2.99. The van der Waals surface area contributed by atoms with Crippen LogP contribution in [-0.2, 0) is 0 Å². The van der Waals surface area contributed by atoms with Crippen molar-refractivity contribution < 1.29 is 61.3 Å². The SMILES string of the molecule is C.Cc1cc2c(cc1O)c1cc(O)c(O)cc1c1cc(O)c(O)cc21.Cc1cc2c3nc4nc(nc5[nH]c(nc6nc(nc([nH]3)c2cc1O)-c1cc(O)c(O)cc1-6)c1cc(O)c(O)cc51)-c1cc(O)c(O)cc1-4. The van der Waals surface area contributed by atoms with Crippen molar-refractivity contribution in [2.75, 3.05) is 0 Å². The summed E-state index contributed by atoms with van der Waals surface area (Å²) >= 11 is 0. The van der Waals surface area contributed by atoms with Gasteiger partial charge in [0, 0.05) is 43.8 Å². The Morgan fingerprint density at radius 2 is 0.438 bits per heavy atom. The predicted molar refractivity (Wildman–Crippen MR) is 271 cm³/mol. The van der Waals surface area contributed by atoms with E-state index in [1.807, 2.05) is 0 Å². The largest absolute Gasteiger partial charge is 0.508 e. The molecule has 0 atom stereocenters. The van der Waals surface area contributed by atoms with Crippen molar-refractivity contribution in [2.45, 2.75) is 21.3 Å². The molecule has 0 saturated heterocycles. The number of phenols is 12. The number of rotatable bonds is 0. The van der Waals surface area contributed by atoms with Crippen molar-refractivity contribution >= 4 is 76.5 Å². The van der Waals surface area contributed by atoms with Gasteiger partial charge in [-0.2, -0.15) is 0 Å². The van der Waals surface area contributed by atoms with E-state index in [2.05, 4.69) is 19.9 Å². The van der Waals surface area contributed by atoms with E-state index in [0.29, 0.717) is 87.5 Å². The molecule has 0 unspecified atom stereocenters. The van der Waals surface area contributed by atoms with Crippen molar-refractivity contribution in [1.29, 1.82) is 0 Å². The van der Waals surface area contributed by atoms with Crippen LogP contribution in [0.3, 0.4) is 0 Å². The highest BCUT2D eigenvalue weighted by Crippen LogP contribution is 2.47. The first kappa shape index (κ1) is 45.0. The second-order valence-corrected chi connectivity index (χ2v) is 17.4. The average molecular weight is 979 g/mol. The summed E-state index contributed by atoms with van der Waals surface area (Å²) in [6.45, 7) is 3.49. The van der Waals surface area contributed by atoms with Crippen LogP contribution < -0.4 is 0 Å². The number of aromatic nitrogens is 8. The molecular formula is C53H38N8O12. The Labute approximate surface area is 408 Å². The number of benzene rings is 8. The average Bonchev–Trinajstić information content (AvgIpc) is 4.04. The van der Waals surface area contributed by atoms with Gasteiger partial charge in [-0.1, -0.05) is 7.43 Å². The van der Waals surface area contributed by atoms with E-state index >= 15 is 0 Å². The van der Waals surface area contributed by atoms with E-state index < -0.39 is 34.5 Å². The third-order valence-electron chi connectivity index (χ3n) is 12.9. The smallest absolute Gasteiger partial charge is 0.164 e. The van der Waals surface area contributed by atoms with Crippen LogP contribution in [0.15, 0.2) is 84.9 Å². The summed E-state index contributed by atoms with van der Waals surface area (Å²) in [5.41, 5.74) is 3.49. The molecule has 2 aliphatic rings. The lowest BCUT2D eigenvalue weighted by Gasteiger charge is -2.14. The van der Waals surface area contributed by atoms with Gasteiger partial charge < -0.3 is 71.2 Å². The molecule has 73 heavy (non-hydrogen) atoms. The van der Waals surface area contributed by atoms with Crippen molar-refractivity contribution in [3.05, 3.63) is 96.1 Å². The van der Waals surface area contributed by atoms with E-state index in [0.717, 1.165) is 5.39 Å². The molecule has 8 aromatic carbocycles. The van der Waals surface area contributed by atoms with Crippen LogP contribution >= 0.6 is 0 Å². The van der Waals surface area contributed by atoms with Crippen LogP contribution in [0.4, 0.5) is 0 Å². The van der Waals surface area contributed by atoms with Crippen molar-refractivity contribution in [3.8, 4) is 115 Å². The van der Waals surface area contributed by atoms with Crippen LogP contribution in [0.25, 0.3) is 122 Å². The summed E-state index contributed by atoms with van der Waals surface area (Å²) in [5, 5.41) is 128. The molecule has 0 amide bonds. The van der Waals surface area contributed by atoms with Crippen LogP contribution in [0.5, 0.6) is 69.0 Å². The number of aryl methyl sites for hydroxylation is 2. The number of phenolic OH excluding ortho intramolecular Hbond substituents is 12. The standard InChI is InChI=1S/C33H20N8O7.C19H14O5.CH4/c1-10-2-11-12(3-19(10)42)27-34-26(11)35-28-13-4-20(43)21(44)5-14(13)30(37-28)39-32-17-8-24(47)25(48)9-18(17)33(41-32)40-31-16-7-23(46)22(45)6-15(16)29(36-27)38-31;1-8-2-9-10(3-15(8)20)12-5-17(22)19(24)7-14(12)13-6-18(23)16(21)4-11(9)13;/h2-9,42-48H,1H3,(H2,34,35,36,37,38,39,40,41);2-7,20-24H,1H3;1H4. The molecule has 11 aromatic rings. The van der Waals surface area contributed by atoms with E-state index in [9.17, 15) is 61.3 Å². The second kappa shape index (κ2) is 15.8. The number of H-pyrrole nitrogens is 2. The normalized spacial score (nSPS) is 11.7. The van der Waals surface area contributed by atoms with Crippen LogP contribution in [0.1, 0.15) is 18.6 Å². The van der Waals surface area contributed by atoms with E-state index in [-0.39, 0.29) is 82.2 Å². The highest BCUT2D eigenvalue weighted by molar-refractivity contribution is 6.26. The molecule has 3 aromatic heterocycles. The summed E-state index contributed by atoms with van der Waals surface area (Å²) in [6.07, 6.45) is 0. The Balaban J connectivity index is 0.000000193. The Kier molecular flexibility index (Phi) is 9.71. The van der Waals surface area contributed by atoms with Gasteiger partial charge in [0.25, 0.3) is 0 Å². The summed E-state index contributed by atoms with van der Waals surface area (Å²) in [4.78, 5) is 34.5. The number of fused-ring (bicyclic) bond motifs is 26. The van der Waals surface area contributed by atoms with Gasteiger partial charge in [-0.3, -0.25) is 0 Å². The quantitative estimate of drug-likeness (QED) is 0.0496. The monoisotopic (exact) mass is 978 g/mol. The summed E-state index contributed by atoms with van der Waals surface area (Å²) in [7, 11) is 0. The minimum Gasteiger partial charge on any atom is -0.508 e. The lowest BCUT2D eigenvalue weighted by atomic mass is 9.92. The van der Waals surface area contributed by atoms with Gasteiger partial charge in [-0.05, 0) is 142 Å². The van der Waals surface area contributed by atoms with Gasteiger partial charge in [0.1, 0.15) is 34.1 Å². The molecule has 20 heteroatoms. The number of nitrogens with one attached hydrogen (secondary N) is 2. The molecular weight excluding hydrogens is 941 g/mol. The number of hydrogen-bond acceptors (Lipinski definition) is 18. The first-order chi connectivity index (χ1) is 34.4. The third kappa shape index (κ3) is 6.91. The Morgan fingerprint density at radius 3 is 0.726 bits per heavy atom. The van der Waals surface area contributed by atoms with Gasteiger partial charge >= 0.3 is 0 Å². The van der Waals surface area contributed by atoms with Crippen LogP contribution in [0.2, 0.25) is 0 Å². The van der Waals surface area contributed by atoms with E-state index in [1.165, 1.54) is 66.7 Å². The first-order valence-electron chi connectivity index (χ1n) is 21.7. The predicted octanol–water partition coefficient (Wildman–Crippen LogP) is 9.74. The number of hydrogen-bond donors (Lipinski definition) is 14. The van der Waals surface area contributed by atoms with E-state index in [4.69, 9.17) is 19.9 Å². The zero-order valence-corrected chi connectivity index (χ0v) is 37.1. The molecule has 0 aliphatic carbocycles. The highest BCUT2D eigenvalue weighted by Gasteiger charge is 2.26. The van der Waals surface area contributed by atoms with Crippen molar-refractivity contribution in [3.63, 3.8) is 0 Å². The van der Waals surface area contributed by atoms with Gasteiger partial charge in [0.05, 0.1) is 0 Å². The molecule has 8 bridgehead atoms. The molecule has 362 valence electrons.